The minimum Gasteiger partial charge on any atom is -0.368 e. The average molecular weight is 345 g/mol. The molecule has 0 amide bonds. The number of anilines is 1. The van der Waals surface area contributed by atoms with Gasteiger partial charge in [-0.1, -0.05) is 36.4 Å². The molecule has 0 fully saturated rings. The Bertz CT molecular complexity index is 1000. The van der Waals surface area contributed by atoms with Gasteiger partial charge in [-0.15, -0.1) is 0 Å². The van der Waals surface area contributed by atoms with Crippen LogP contribution in [0.1, 0.15) is 5.56 Å². The zero-order valence-electron chi connectivity index (χ0n) is 14.1. The highest BCUT2D eigenvalue weighted by molar-refractivity contribution is 6.05. The van der Waals surface area contributed by atoms with E-state index in [1.807, 2.05) is 59.3 Å². The molecule has 0 saturated carbocycles. The first-order valence-electron chi connectivity index (χ1n) is 8.36. The van der Waals surface area contributed by atoms with Crippen molar-refractivity contribution >= 4 is 34.7 Å². The van der Waals surface area contributed by atoms with E-state index in [1.54, 1.807) is 6.21 Å². The lowest BCUT2D eigenvalue weighted by molar-refractivity contribution is 0.944. The molecule has 26 heavy (non-hydrogen) atoms. The normalized spacial score (nSPS) is 13.8. The maximum atomic E-state index is 7.81. The van der Waals surface area contributed by atoms with E-state index >= 15 is 0 Å². The summed E-state index contributed by atoms with van der Waals surface area (Å²) in [5.74, 6) is 0.699. The maximum Gasteiger partial charge on any atom is 0.214 e. The molecule has 1 aliphatic heterocycles. The summed E-state index contributed by atoms with van der Waals surface area (Å²) in [6, 6.07) is 17.5. The maximum absolute atomic E-state index is 7.81. The first kappa shape index (κ1) is 15.9. The smallest absolute Gasteiger partial charge is 0.214 e. The number of nitrogens with zero attached hydrogens (tertiary/aromatic N) is 4. The number of nitrogens with two attached hydrogens (primary N) is 1. The summed E-state index contributed by atoms with van der Waals surface area (Å²) in [5, 5.41) is 18.0. The number of nitrogens with one attached hydrogen (secondary N) is 2. The van der Waals surface area contributed by atoms with Gasteiger partial charge >= 0.3 is 0 Å². The van der Waals surface area contributed by atoms with Crippen LogP contribution >= 0.6 is 0 Å². The fraction of sp³-hybridized carbons (Fsp3) is 0.105. The molecule has 0 saturated heterocycles. The van der Waals surface area contributed by atoms with E-state index in [0.29, 0.717) is 0 Å². The van der Waals surface area contributed by atoms with Crippen LogP contribution in [-0.2, 0) is 0 Å². The monoisotopic (exact) mass is 345 g/mol. The number of para-hydroxylation sites is 2. The summed E-state index contributed by atoms with van der Waals surface area (Å²) < 4.78 is 2.03. The van der Waals surface area contributed by atoms with E-state index in [4.69, 9.17) is 11.1 Å². The lowest BCUT2D eigenvalue weighted by Crippen LogP contribution is -2.32. The zero-order chi connectivity index (χ0) is 17.9. The van der Waals surface area contributed by atoms with E-state index in [0.717, 1.165) is 41.2 Å². The van der Waals surface area contributed by atoms with Crippen LogP contribution in [0, 0.1) is 5.41 Å². The number of aromatic nitrogens is 1. The number of benzene rings is 2. The third kappa shape index (κ3) is 2.90. The van der Waals surface area contributed by atoms with Crippen molar-refractivity contribution in [2.45, 2.75) is 0 Å². The van der Waals surface area contributed by atoms with Gasteiger partial charge in [0.15, 0.2) is 0 Å². The van der Waals surface area contributed by atoms with Crippen LogP contribution in [-0.4, -0.2) is 35.8 Å². The van der Waals surface area contributed by atoms with E-state index in [1.165, 1.54) is 5.01 Å². The molecule has 3 aromatic rings. The molecular weight excluding hydrogens is 326 g/mol. The molecule has 0 radical (unpaired) electrons. The zero-order valence-corrected chi connectivity index (χ0v) is 14.1. The summed E-state index contributed by atoms with van der Waals surface area (Å²) in [6.45, 7) is 1.62. The second-order valence-corrected chi connectivity index (χ2v) is 5.88. The molecule has 0 bridgehead atoms. The minimum atomic E-state index is -0.141. The molecule has 4 rings (SSSR count). The molecule has 4 N–H and O–H groups in total. The number of hydrogen-bond donors (Lipinski definition) is 3. The SMILES string of the molecule is N=C(N)N(/N=C/c1cn(C2=NCCN2)c2ccccc12)c1ccccc1. The molecule has 1 aromatic heterocycles. The first-order valence-corrected chi connectivity index (χ1v) is 8.36. The van der Waals surface area contributed by atoms with Crippen LogP contribution in [0.5, 0.6) is 0 Å². The van der Waals surface area contributed by atoms with Crippen LogP contribution in [0.4, 0.5) is 5.69 Å². The Morgan fingerprint density at radius 2 is 1.96 bits per heavy atom. The highest BCUT2D eigenvalue weighted by Crippen LogP contribution is 2.21. The largest absolute Gasteiger partial charge is 0.368 e. The lowest BCUT2D eigenvalue weighted by atomic mass is 10.2. The standard InChI is InChI=1S/C19H19N7/c20-18(21)26(15-6-2-1-3-7-15)24-12-14-13-25(19-22-10-11-23-19)17-9-5-4-8-16(14)17/h1-9,12-13H,10-11H2,(H3,20,21)(H,22,23)/b24-12+. The fourth-order valence-electron chi connectivity index (χ4n) is 2.99. The summed E-state index contributed by atoms with van der Waals surface area (Å²) >= 11 is 0. The van der Waals surface area contributed by atoms with Gasteiger partial charge in [-0.25, -0.2) is 5.01 Å². The van der Waals surface area contributed by atoms with E-state index < -0.39 is 0 Å². The molecular formula is C19H19N7. The van der Waals surface area contributed by atoms with Crippen LogP contribution in [0.15, 0.2) is 70.9 Å². The Hall–Kier alpha value is -3.61. The van der Waals surface area contributed by atoms with Crippen molar-refractivity contribution in [1.82, 2.24) is 9.88 Å². The van der Waals surface area contributed by atoms with Gasteiger partial charge in [0.25, 0.3) is 0 Å². The second-order valence-electron chi connectivity index (χ2n) is 5.88. The van der Waals surface area contributed by atoms with Gasteiger partial charge in [-0.2, -0.15) is 5.10 Å². The summed E-state index contributed by atoms with van der Waals surface area (Å²) in [5.41, 5.74) is 8.43. The van der Waals surface area contributed by atoms with Crippen LogP contribution < -0.4 is 16.1 Å². The number of guanidine groups is 1. The predicted molar refractivity (Wildman–Crippen MR) is 106 cm³/mol. The predicted octanol–water partition coefficient (Wildman–Crippen LogP) is 2.18. The minimum absolute atomic E-state index is 0.141. The Morgan fingerprint density at radius 3 is 2.69 bits per heavy atom. The van der Waals surface area contributed by atoms with Gasteiger partial charge in [0.1, 0.15) is 0 Å². The van der Waals surface area contributed by atoms with Gasteiger partial charge in [0, 0.05) is 23.7 Å². The number of rotatable bonds is 3. The molecule has 7 heteroatoms. The second kappa shape index (κ2) is 6.72. The summed E-state index contributed by atoms with van der Waals surface area (Å²) in [4.78, 5) is 4.50. The van der Waals surface area contributed by atoms with Gasteiger partial charge in [0.2, 0.25) is 11.9 Å². The quantitative estimate of drug-likeness (QED) is 0.386. The molecule has 1 aliphatic rings. The number of fused-ring (bicyclic) bond motifs is 1. The highest BCUT2D eigenvalue weighted by Gasteiger charge is 2.14. The first-order chi connectivity index (χ1) is 12.7. The summed E-state index contributed by atoms with van der Waals surface area (Å²) in [6.07, 6.45) is 3.72. The number of hydrazone groups is 1. The molecule has 2 aromatic carbocycles. The number of hydrogen-bond acceptors (Lipinski definition) is 4. The molecule has 0 unspecified atom stereocenters. The van der Waals surface area contributed by atoms with Crippen molar-refractivity contribution in [3.8, 4) is 0 Å². The lowest BCUT2D eigenvalue weighted by Gasteiger charge is -2.16. The average Bonchev–Trinajstić information content (AvgIpc) is 3.31. The van der Waals surface area contributed by atoms with E-state index in [-0.39, 0.29) is 5.96 Å². The molecule has 0 aliphatic carbocycles. The van der Waals surface area contributed by atoms with Crippen molar-refractivity contribution in [3.63, 3.8) is 0 Å². The third-order valence-corrected chi connectivity index (χ3v) is 4.17. The molecule has 7 nitrogen and oxygen atoms in total. The van der Waals surface area contributed by atoms with Gasteiger partial charge in [0.05, 0.1) is 24.0 Å². The van der Waals surface area contributed by atoms with Crippen LogP contribution in [0.3, 0.4) is 0 Å². The van der Waals surface area contributed by atoms with Gasteiger partial charge < -0.3 is 11.1 Å². The van der Waals surface area contributed by atoms with Gasteiger partial charge in [-0.05, 0) is 18.2 Å². The van der Waals surface area contributed by atoms with Crippen LogP contribution in [0.25, 0.3) is 10.9 Å². The Morgan fingerprint density at radius 1 is 1.19 bits per heavy atom. The topological polar surface area (TPSA) is 94.8 Å². The van der Waals surface area contributed by atoms with Crippen molar-refractivity contribution in [3.05, 3.63) is 66.4 Å². The fourth-order valence-corrected chi connectivity index (χ4v) is 2.99. The molecule has 2 heterocycles. The molecule has 0 spiro atoms. The number of aliphatic imine (C=N–C) groups is 1. The van der Waals surface area contributed by atoms with E-state index in [9.17, 15) is 0 Å². The van der Waals surface area contributed by atoms with Crippen LogP contribution in [0.2, 0.25) is 0 Å². The highest BCUT2D eigenvalue weighted by atomic mass is 15.5. The van der Waals surface area contributed by atoms with Crippen molar-refractivity contribution in [1.29, 1.82) is 5.41 Å². The Kier molecular flexibility index (Phi) is 4.10. The van der Waals surface area contributed by atoms with Gasteiger partial charge in [-0.3, -0.25) is 15.0 Å². The molecule has 130 valence electrons. The van der Waals surface area contributed by atoms with Crippen molar-refractivity contribution in [2.24, 2.45) is 15.8 Å². The Labute approximate surface area is 151 Å². The summed E-state index contributed by atoms with van der Waals surface area (Å²) in [7, 11) is 0. The molecule has 0 atom stereocenters. The van der Waals surface area contributed by atoms with Crippen molar-refractivity contribution in [2.75, 3.05) is 18.1 Å². The Balaban J connectivity index is 1.75. The third-order valence-electron chi connectivity index (χ3n) is 4.17. The van der Waals surface area contributed by atoms with E-state index in [2.05, 4.69) is 21.5 Å². The van der Waals surface area contributed by atoms with Crippen molar-refractivity contribution < 1.29 is 0 Å².